The Morgan fingerprint density at radius 2 is 1.90 bits per heavy atom. The number of hydrogen-bond acceptors (Lipinski definition) is 5. The minimum absolute atomic E-state index is 0.177. The maximum absolute atomic E-state index is 12.9. The van der Waals surface area contributed by atoms with Gasteiger partial charge in [-0.3, -0.25) is 9.59 Å². The molecule has 10 heteroatoms. The molecular formula is C19H22FN3O4S2. The Hall–Kier alpha value is -2.30. The molecule has 0 spiro atoms. The Morgan fingerprint density at radius 1 is 1.14 bits per heavy atom. The third kappa shape index (κ3) is 5.40. The van der Waals surface area contributed by atoms with Gasteiger partial charge in [0.2, 0.25) is 0 Å². The molecule has 1 aliphatic rings. The van der Waals surface area contributed by atoms with Crippen LogP contribution < -0.4 is 10.6 Å². The van der Waals surface area contributed by atoms with E-state index in [1.54, 1.807) is 17.5 Å². The zero-order valence-electron chi connectivity index (χ0n) is 15.6. The highest BCUT2D eigenvalue weighted by Crippen LogP contribution is 2.29. The number of anilines is 1. The van der Waals surface area contributed by atoms with Crippen LogP contribution >= 0.6 is 11.3 Å². The first-order valence-electron chi connectivity index (χ1n) is 9.28. The van der Waals surface area contributed by atoms with E-state index in [1.807, 2.05) is 0 Å². The van der Waals surface area contributed by atoms with E-state index >= 15 is 0 Å². The number of piperidine rings is 1. The Kier molecular flexibility index (Phi) is 6.99. The van der Waals surface area contributed by atoms with Crippen LogP contribution in [0.3, 0.4) is 0 Å². The van der Waals surface area contributed by atoms with Gasteiger partial charge in [0.15, 0.2) is 0 Å². The third-order valence-electron chi connectivity index (χ3n) is 4.70. The van der Waals surface area contributed by atoms with E-state index in [-0.39, 0.29) is 12.6 Å². The fourth-order valence-electron chi connectivity index (χ4n) is 3.26. The number of nitrogens with one attached hydrogen (secondary N) is 2. The molecule has 0 radical (unpaired) electrons. The van der Waals surface area contributed by atoms with Crippen molar-refractivity contribution in [3.8, 4) is 0 Å². The lowest BCUT2D eigenvalue weighted by atomic mass is 10.0. The van der Waals surface area contributed by atoms with Crippen LogP contribution in [-0.4, -0.2) is 43.7 Å². The summed E-state index contributed by atoms with van der Waals surface area (Å²) in [4.78, 5) is 23.9. The molecule has 1 aromatic carbocycles. The summed E-state index contributed by atoms with van der Waals surface area (Å²) in [6, 6.07) is 8.14. The number of sulfonamides is 1. The average Bonchev–Trinajstić information content (AvgIpc) is 3.26. The van der Waals surface area contributed by atoms with Crippen molar-refractivity contribution in [1.29, 1.82) is 0 Å². The Morgan fingerprint density at radius 3 is 2.59 bits per heavy atom. The monoisotopic (exact) mass is 439 g/mol. The molecule has 2 aromatic rings. The highest BCUT2D eigenvalue weighted by Gasteiger charge is 2.33. The van der Waals surface area contributed by atoms with Gasteiger partial charge in [0.05, 0.1) is 0 Å². The van der Waals surface area contributed by atoms with Gasteiger partial charge in [-0.15, -0.1) is 11.3 Å². The number of amides is 2. The van der Waals surface area contributed by atoms with Gasteiger partial charge in [-0.2, -0.15) is 4.31 Å². The van der Waals surface area contributed by atoms with E-state index in [0.717, 1.165) is 12.8 Å². The highest BCUT2D eigenvalue weighted by atomic mass is 32.2. The predicted octanol–water partition coefficient (Wildman–Crippen LogP) is 2.58. The number of carbonyl (C=O) groups excluding carboxylic acids is 2. The molecule has 1 atom stereocenters. The topological polar surface area (TPSA) is 95.6 Å². The summed E-state index contributed by atoms with van der Waals surface area (Å²) < 4.78 is 40.4. The van der Waals surface area contributed by atoms with Crippen molar-refractivity contribution in [3.05, 3.63) is 47.6 Å². The lowest BCUT2D eigenvalue weighted by Gasteiger charge is -2.34. The molecule has 0 saturated carbocycles. The summed E-state index contributed by atoms with van der Waals surface area (Å²) in [5.41, 5.74) is 0.312. The molecule has 29 heavy (non-hydrogen) atoms. The summed E-state index contributed by atoms with van der Waals surface area (Å²) in [5.74, 6) is -2.12. The van der Waals surface area contributed by atoms with E-state index in [2.05, 4.69) is 10.6 Å². The van der Waals surface area contributed by atoms with Crippen molar-refractivity contribution < 1.29 is 22.4 Å². The van der Waals surface area contributed by atoms with E-state index in [0.29, 0.717) is 29.3 Å². The summed E-state index contributed by atoms with van der Waals surface area (Å²) in [5, 5.41) is 6.64. The van der Waals surface area contributed by atoms with Crippen molar-refractivity contribution in [2.24, 2.45) is 0 Å². The Balaban J connectivity index is 1.53. The van der Waals surface area contributed by atoms with Gasteiger partial charge < -0.3 is 10.6 Å². The van der Waals surface area contributed by atoms with Crippen LogP contribution in [-0.2, 0) is 19.6 Å². The molecule has 156 valence electrons. The summed E-state index contributed by atoms with van der Waals surface area (Å²) in [6.45, 7) is 0.626. The Labute approximate surface area is 173 Å². The number of carbonyl (C=O) groups is 2. The normalized spacial score (nSPS) is 17.6. The molecule has 1 aromatic heterocycles. The first-order valence-corrected chi connectivity index (χ1v) is 11.6. The van der Waals surface area contributed by atoms with Crippen LogP contribution in [0.2, 0.25) is 0 Å². The molecule has 1 saturated heterocycles. The zero-order chi connectivity index (χ0) is 20.9. The van der Waals surface area contributed by atoms with E-state index in [9.17, 15) is 22.4 Å². The fraction of sp³-hybridized carbons (Fsp3) is 0.368. The second-order valence-corrected chi connectivity index (χ2v) is 9.77. The summed E-state index contributed by atoms with van der Waals surface area (Å²) in [6.07, 6.45) is 2.84. The number of rotatable bonds is 6. The van der Waals surface area contributed by atoms with Gasteiger partial charge in [-0.1, -0.05) is 12.5 Å². The van der Waals surface area contributed by atoms with Crippen molar-refractivity contribution in [2.75, 3.05) is 18.4 Å². The third-order valence-corrected chi connectivity index (χ3v) is 8.03. The minimum atomic E-state index is -3.55. The van der Waals surface area contributed by atoms with Crippen LogP contribution in [0.25, 0.3) is 0 Å². The van der Waals surface area contributed by atoms with Gasteiger partial charge in [0.1, 0.15) is 10.0 Å². The van der Waals surface area contributed by atoms with Crippen LogP contribution in [0.5, 0.6) is 0 Å². The first-order chi connectivity index (χ1) is 13.9. The smallest absolute Gasteiger partial charge is 0.313 e. The van der Waals surface area contributed by atoms with Crippen molar-refractivity contribution >= 4 is 38.9 Å². The summed E-state index contributed by atoms with van der Waals surface area (Å²) in [7, 11) is -3.55. The number of thiophene rings is 1. The van der Waals surface area contributed by atoms with Gasteiger partial charge >= 0.3 is 11.8 Å². The van der Waals surface area contributed by atoms with E-state index in [4.69, 9.17) is 0 Å². The van der Waals surface area contributed by atoms with Crippen LogP contribution in [0.1, 0.15) is 25.7 Å². The lowest BCUT2D eigenvalue weighted by molar-refractivity contribution is -0.136. The maximum atomic E-state index is 12.9. The number of nitrogens with zero attached hydrogens (tertiary/aromatic N) is 1. The highest BCUT2D eigenvalue weighted by molar-refractivity contribution is 7.91. The quantitative estimate of drug-likeness (QED) is 0.677. The molecule has 1 aliphatic heterocycles. The second kappa shape index (κ2) is 9.47. The standard InChI is InChI=1S/C19H22FN3O4S2/c20-14-6-8-15(9-7-14)22-19(25)18(24)21-11-10-16-4-1-2-12-23(16)29(26,27)17-5-3-13-28-17/h3,5-9,13,16H,1-2,4,10-12H2,(H,21,24)(H,22,25)/t16-/m1/s1. The van der Waals surface area contributed by atoms with Gasteiger partial charge in [0, 0.05) is 24.8 Å². The van der Waals surface area contributed by atoms with Gasteiger partial charge in [0.25, 0.3) is 10.0 Å². The molecule has 2 N–H and O–H groups in total. The first kappa shape index (κ1) is 21.4. The number of benzene rings is 1. The maximum Gasteiger partial charge on any atom is 0.313 e. The molecule has 0 bridgehead atoms. The van der Waals surface area contributed by atoms with Crippen LogP contribution in [0.4, 0.5) is 10.1 Å². The zero-order valence-corrected chi connectivity index (χ0v) is 17.3. The fourth-order valence-corrected chi connectivity index (χ4v) is 6.10. The van der Waals surface area contributed by atoms with Gasteiger partial charge in [-0.25, -0.2) is 12.8 Å². The molecular weight excluding hydrogens is 417 g/mol. The van der Waals surface area contributed by atoms with Crippen LogP contribution in [0.15, 0.2) is 46.0 Å². The van der Waals surface area contributed by atoms with Crippen molar-refractivity contribution in [3.63, 3.8) is 0 Å². The molecule has 0 unspecified atom stereocenters. The molecule has 7 nitrogen and oxygen atoms in total. The molecule has 0 aliphatic carbocycles. The van der Waals surface area contributed by atoms with Crippen molar-refractivity contribution in [2.45, 2.75) is 35.9 Å². The predicted molar refractivity (Wildman–Crippen MR) is 109 cm³/mol. The SMILES string of the molecule is O=C(NCC[C@H]1CCCCN1S(=O)(=O)c1cccs1)C(=O)Nc1ccc(F)cc1. The number of hydrogen-bond donors (Lipinski definition) is 2. The largest absolute Gasteiger partial charge is 0.348 e. The van der Waals surface area contributed by atoms with Crippen molar-refractivity contribution in [1.82, 2.24) is 9.62 Å². The molecule has 2 heterocycles. The molecule has 3 rings (SSSR count). The lowest BCUT2D eigenvalue weighted by Crippen LogP contribution is -2.45. The Bertz CT molecular complexity index is 946. The van der Waals surface area contributed by atoms with Crippen LogP contribution in [0, 0.1) is 5.82 Å². The number of halogens is 1. The minimum Gasteiger partial charge on any atom is -0.348 e. The van der Waals surface area contributed by atoms with E-state index in [1.165, 1.54) is 39.9 Å². The van der Waals surface area contributed by atoms with Gasteiger partial charge in [-0.05, 0) is 55.0 Å². The summed E-state index contributed by atoms with van der Waals surface area (Å²) >= 11 is 1.18. The average molecular weight is 440 g/mol. The second-order valence-electron chi connectivity index (χ2n) is 6.70. The molecule has 2 amide bonds. The molecule has 1 fully saturated rings. The van der Waals surface area contributed by atoms with E-state index < -0.39 is 27.7 Å².